The summed E-state index contributed by atoms with van der Waals surface area (Å²) in [6.07, 6.45) is 4.80. The van der Waals surface area contributed by atoms with Gasteiger partial charge in [-0.2, -0.15) is 0 Å². The van der Waals surface area contributed by atoms with E-state index in [9.17, 15) is 9.59 Å². The molecule has 2 aromatic rings. The average molecular weight is 285 g/mol. The topological polar surface area (TPSA) is 66.1 Å². The number of aromatic amines is 1. The number of H-pyrrole nitrogens is 1. The van der Waals surface area contributed by atoms with Crippen LogP contribution in [0.2, 0.25) is 0 Å². The lowest BCUT2D eigenvalue weighted by Crippen LogP contribution is -2.47. The minimum Gasteiger partial charge on any atom is -0.345 e. The van der Waals surface area contributed by atoms with Crippen LogP contribution in [0.4, 0.5) is 0 Å². The van der Waals surface area contributed by atoms with Crippen LogP contribution >= 0.6 is 0 Å². The third kappa shape index (κ3) is 2.44. The third-order valence-electron chi connectivity index (χ3n) is 4.16. The number of piperidine rings is 1. The van der Waals surface area contributed by atoms with E-state index in [1.54, 1.807) is 17.3 Å². The minimum atomic E-state index is -0.273. The maximum Gasteiger partial charge on any atom is 0.256 e. The molecule has 0 aliphatic carbocycles. The smallest absolute Gasteiger partial charge is 0.256 e. The Balaban J connectivity index is 1.96. The van der Waals surface area contributed by atoms with E-state index in [-0.39, 0.29) is 17.7 Å². The van der Waals surface area contributed by atoms with Gasteiger partial charge in [0.25, 0.3) is 5.91 Å². The van der Waals surface area contributed by atoms with Gasteiger partial charge in [-0.3, -0.25) is 9.59 Å². The highest BCUT2D eigenvalue weighted by Crippen LogP contribution is 2.24. The van der Waals surface area contributed by atoms with Crippen molar-refractivity contribution in [3.63, 3.8) is 0 Å². The highest BCUT2D eigenvalue weighted by Gasteiger charge is 2.32. The monoisotopic (exact) mass is 285 g/mol. The Bertz CT molecular complexity index is 677. The first-order valence-electron chi connectivity index (χ1n) is 7.48. The summed E-state index contributed by atoms with van der Waals surface area (Å²) in [5, 5.41) is 0. The number of imidazole rings is 1. The molecule has 110 valence electrons. The number of hydrogen-bond acceptors (Lipinski definition) is 3. The number of aromatic nitrogens is 2. The van der Waals surface area contributed by atoms with E-state index in [1.165, 1.54) is 0 Å². The van der Waals surface area contributed by atoms with E-state index in [2.05, 4.69) is 9.97 Å². The summed E-state index contributed by atoms with van der Waals surface area (Å²) in [5.41, 5.74) is 2.09. The second kappa shape index (κ2) is 5.68. The summed E-state index contributed by atoms with van der Waals surface area (Å²) in [7, 11) is 0. The molecule has 0 saturated carbocycles. The third-order valence-corrected chi connectivity index (χ3v) is 4.16. The Morgan fingerprint density at radius 1 is 1.38 bits per heavy atom. The normalized spacial score (nSPS) is 18.9. The van der Waals surface area contributed by atoms with E-state index in [0.29, 0.717) is 24.0 Å². The fraction of sp³-hybridized carbons (Fsp3) is 0.438. The summed E-state index contributed by atoms with van der Waals surface area (Å²) in [6, 6.07) is 5.25. The van der Waals surface area contributed by atoms with Gasteiger partial charge in [-0.1, -0.05) is 13.0 Å². The molecular weight excluding hydrogens is 266 g/mol. The first kappa shape index (κ1) is 13.8. The number of amides is 1. The number of rotatable bonds is 3. The average Bonchev–Trinajstić information content (AvgIpc) is 3.02. The maximum absolute atomic E-state index is 12.9. The molecule has 0 spiro atoms. The van der Waals surface area contributed by atoms with E-state index in [1.807, 2.05) is 19.1 Å². The number of carbonyl (C=O) groups excluding carboxylic acids is 2. The molecule has 1 N–H and O–H groups in total. The largest absolute Gasteiger partial charge is 0.345 e. The number of fused-ring (bicyclic) bond motifs is 1. The molecule has 21 heavy (non-hydrogen) atoms. The Morgan fingerprint density at radius 3 is 3.05 bits per heavy atom. The zero-order chi connectivity index (χ0) is 14.8. The SMILES string of the molecule is CCC(=O)[C@@H]1CCCCN1C(=O)c1cccc2[nH]cnc12. The number of nitrogens with one attached hydrogen (secondary N) is 1. The van der Waals surface area contributed by atoms with Crippen LogP contribution in [0.15, 0.2) is 24.5 Å². The zero-order valence-electron chi connectivity index (χ0n) is 12.1. The summed E-state index contributed by atoms with van der Waals surface area (Å²) < 4.78 is 0. The van der Waals surface area contributed by atoms with Gasteiger partial charge in [0.15, 0.2) is 5.78 Å². The molecule has 1 aromatic heterocycles. The van der Waals surface area contributed by atoms with Gasteiger partial charge in [-0.15, -0.1) is 0 Å². The zero-order valence-corrected chi connectivity index (χ0v) is 12.1. The molecule has 1 atom stereocenters. The molecule has 1 amide bonds. The van der Waals surface area contributed by atoms with Crippen molar-refractivity contribution in [1.82, 2.24) is 14.9 Å². The maximum atomic E-state index is 12.9. The van der Waals surface area contributed by atoms with Crippen molar-refractivity contribution in [3.8, 4) is 0 Å². The van der Waals surface area contributed by atoms with Gasteiger partial charge < -0.3 is 9.88 Å². The van der Waals surface area contributed by atoms with Crippen molar-refractivity contribution in [3.05, 3.63) is 30.1 Å². The lowest BCUT2D eigenvalue weighted by Gasteiger charge is -2.34. The number of para-hydroxylation sites is 1. The van der Waals surface area contributed by atoms with Crippen LogP contribution in [0.25, 0.3) is 11.0 Å². The number of likely N-dealkylation sites (tertiary alicyclic amines) is 1. The molecule has 0 bridgehead atoms. The van der Waals surface area contributed by atoms with Crippen LogP contribution in [0, 0.1) is 0 Å². The predicted octanol–water partition coefficient (Wildman–Crippen LogP) is 2.54. The highest BCUT2D eigenvalue weighted by molar-refractivity contribution is 6.06. The van der Waals surface area contributed by atoms with E-state index in [0.717, 1.165) is 24.8 Å². The lowest BCUT2D eigenvalue weighted by atomic mass is 9.96. The number of benzene rings is 1. The van der Waals surface area contributed by atoms with E-state index >= 15 is 0 Å². The Labute approximate surface area is 123 Å². The second-order valence-electron chi connectivity index (χ2n) is 5.43. The second-order valence-corrected chi connectivity index (χ2v) is 5.43. The van der Waals surface area contributed by atoms with Crippen LogP contribution in [0.3, 0.4) is 0 Å². The summed E-state index contributed by atoms with van der Waals surface area (Å²) in [6.45, 7) is 2.50. The number of nitrogens with zero attached hydrogens (tertiary/aromatic N) is 2. The van der Waals surface area contributed by atoms with Gasteiger partial charge in [0, 0.05) is 13.0 Å². The van der Waals surface area contributed by atoms with Crippen molar-refractivity contribution in [2.45, 2.75) is 38.6 Å². The molecule has 2 heterocycles. The molecule has 1 aliphatic rings. The standard InChI is InChI=1S/C16H19N3O2/c1-2-14(20)13-8-3-4-9-19(13)16(21)11-6-5-7-12-15(11)18-10-17-12/h5-7,10,13H,2-4,8-9H2,1H3,(H,17,18)/t13-/m0/s1. The first-order valence-corrected chi connectivity index (χ1v) is 7.48. The molecule has 5 heteroatoms. The molecule has 5 nitrogen and oxygen atoms in total. The predicted molar refractivity (Wildman–Crippen MR) is 80.1 cm³/mol. The molecule has 1 aromatic carbocycles. The van der Waals surface area contributed by atoms with Crippen LogP contribution < -0.4 is 0 Å². The Morgan fingerprint density at radius 2 is 2.24 bits per heavy atom. The molecule has 1 saturated heterocycles. The van der Waals surface area contributed by atoms with Crippen LogP contribution in [0.1, 0.15) is 43.0 Å². The van der Waals surface area contributed by atoms with E-state index in [4.69, 9.17) is 0 Å². The fourth-order valence-electron chi connectivity index (χ4n) is 3.04. The quantitative estimate of drug-likeness (QED) is 0.942. The van der Waals surface area contributed by atoms with Crippen LogP contribution in [0.5, 0.6) is 0 Å². The summed E-state index contributed by atoms with van der Waals surface area (Å²) in [4.78, 5) is 34.0. The molecule has 3 rings (SSSR count). The molecular formula is C16H19N3O2. The highest BCUT2D eigenvalue weighted by atomic mass is 16.2. The van der Waals surface area contributed by atoms with Crippen molar-refractivity contribution in [2.24, 2.45) is 0 Å². The van der Waals surface area contributed by atoms with Gasteiger partial charge in [-0.25, -0.2) is 4.98 Å². The molecule has 0 unspecified atom stereocenters. The minimum absolute atomic E-state index is 0.0841. The fourth-order valence-corrected chi connectivity index (χ4v) is 3.04. The lowest BCUT2D eigenvalue weighted by molar-refractivity contribution is -0.124. The van der Waals surface area contributed by atoms with Crippen molar-refractivity contribution >= 4 is 22.7 Å². The van der Waals surface area contributed by atoms with Gasteiger partial charge in [-0.05, 0) is 31.4 Å². The van der Waals surface area contributed by atoms with Gasteiger partial charge >= 0.3 is 0 Å². The first-order chi connectivity index (χ1) is 10.2. The summed E-state index contributed by atoms with van der Waals surface area (Å²) >= 11 is 0. The van der Waals surface area contributed by atoms with Gasteiger partial charge in [0.05, 0.1) is 23.4 Å². The summed E-state index contributed by atoms with van der Waals surface area (Å²) in [5.74, 6) is 0.0662. The molecule has 1 aliphatic heterocycles. The van der Waals surface area contributed by atoms with Gasteiger partial charge in [0.2, 0.25) is 0 Å². The number of Topliss-reactive ketones (excluding diaryl/α,β-unsaturated/α-hetero) is 1. The van der Waals surface area contributed by atoms with E-state index < -0.39 is 0 Å². The van der Waals surface area contributed by atoms with Crippen molar-refractivity contribution < 1.29 is 9.59 Å². The Kier molecular flexibility index (Phi) is 3.73. The number of ketones is 1. The Hall–Kier alpha value is -2.17. The molecule has 0 radical (unpaired) electrons. The number of hydrogen-bond donors (Lipinski definition) is 1. The van der Waals surface area contributed by atoms with Crippen molar-refractivity contribution in [1.29, 1.82) is 0 Å². The van der Waals surface area contributed by atoms with Crippen LogP contribution in [-0.4, -0.2) is 39.1 Å². The number of carbonyl (C=O) groups is 2. The van der Waals surface area contributed by atoms with Crippen molar-refractivity contribution in [2.75, 3.05) is 6.54 Å². The molecule has 1 fully saturated rings. The van der Waals surface area contributed by atoms with Crippen LogP contribution in [-0.2, 0) is 4.79 Å². The van der Waals surface area contributed by atoms with Gasteiger partial charge in [0.1, 0.15) is 5.52 Å².